The summed E-state index contributed by atoms with van der Waals surface area (Å²) in [6.07, 6.45) is 15.9. The summed E-state index contributed by atoms with van der Waals surface area (Å²) in [5, 5.41) is 0. The average molecular weight is 291 g/mol. The molecule has 21 heavy (non-hydrogen) atoms. The Morgan fingerprint density at radius 1 is 1.19 bits per heavy atom. The maximum absolute atomic E-state index is 12.0. The van der Waals surface area contributed by atoms with Crippen LogP contribution in [0.4, 0.5) is 4.39 Å². The average Bonchev–Trinajstić information content (AvgIpc) is 2.42. The Morgan fingerprint density at radius 3 is 2.38 bits per heavy atom. The van der Waals surface area contributed by atoms with Crippen LogP contribution in [0.2, 0.25) is 0 Å². The second-order valence-electron chi connectivity index (χ2n) is 4.88. The molecule has 0 fully saturated rings. The highest BCUT2D eigenvalue weighted by molar-refractivity contribution is 5.34. The van der Waals surface area contributed by atoms with Gasteiger partial charge >= 0.3 is 0 Å². The summed E-state index contributed by atoms with van der Waals surface area (Å²) in [6.45, 7) is 9.57. The molecular formula is C18H26FNO. The Balaban J connectivity index is 4.97. The van der Waals surface area contributed by atoms with Crippen molar-refractivity contribution >= 4 is 0 Å². The van der Waals surface area contributed by atoms with Crippen molar-refractivity contribution in [3.8, 4) is 0 Å². The number of alkyl halides is 1. The molecule has 116 valence electrons. The topological polar surface area (TPSA) is 35.2 Å². The second-order valence-corrected chi connectivity index (χ2v) is 4.88. The van der Waals surface area contributed by atoms with E-state index in [9.17, 15) is 4.39 Å². The van der Waals surface area contributed by atoms with E-state index >= 15 is 0 Å². The van der Waals surface area contributed by atoms with Crippen LogP contribution in [-0.2, 0) is 4.74 Å². The van der Waals surface area contributed by atoms with E-state index in [0.717, 1.165) is 11.3 Å². The van der Waals surface area contributed by atoms with Crippen molar-refractivity contribution in [1.29, 1.82) is 0 Å². The molecule has 0 saturated carbocycles. The van der Waals surface area contributed by atoms with Crippen molar-refractivity contribution in [1.82, 2.24) is 0 Å². The number of hydrogen-bond acceptors (Lipinski definition) is 2. The van der Waals surface area contributed by atoms with Gasteiger partial charge in [0.25, 0.3) is 0 Å². The van der Waals surface area contributed by atoms with Crippen LogP contribution in [0.25, 0.3) is 0 Å². The van der Waals surface area contributed by atoms with Gasteiger partial charge in [-0.1, -0.05) is 49.1 Å². The van der Waals surface area contributed by atoms with Crippen LogP contribution >= 0.6 is 0 Å². The Bertz CT molecular complexity index is 448. The van der Waals surface area contributed by atoms with Gasteiger partial charge in [-0.3, -0.25) is 0 Å². The first-order chi connectivity index (χ1) is 9.95. The van der Waals surface area contributed by atoms with Crippen molar-refractivity contribution in [3.63, 3.8) is 0 Å². The molecule has 0 spiro atoms. The fourth-order valence-corrected chi connectivity index (χ4v) is 1.43. The molecule has 2 N–H and O–H groups in total. The number of nitrogens with two attached hydrogens (primary N) is 1. The highest BCUT2D eigenvalue weighted by Gasteiger charge is 2.13. The molecule has 0 saturated heterocycles. The minimum Gasteiger partial charge on any atom is -0.494 e. The standard InChI is InChI=1S/C18H26FNO/c1-5-17(21-6-2)14-10-9-13-16(18(3,4)20)12-8-7-11-15-19/h5,7-14H,1,6,15,20H2,2-4H3/b10-9+,11-7-,12-8-,16-13+,17-14-. The summed E-state index contributed by atoms with van der Waals surface area (Å²) in [4.78, 5) is 0. The normalized spacial score (nSPS) is 14.5. The van der Waals surface area contributed by atoms with E-state index in [1.54, 1.807) is 18.2 Å². The molecule has 0 aliphatic heterocycles. The van der Waals surface area contributed by atoms with Gasteiger partial charge < -0.3 is 10.5 Å². The summed E-state index contributed by atoms with van der Waals surface area (Å²) >= 11 is 0. The van der Waals surface area contributed by atoms with Crippen molar-refractivity contribution in [3.05, 3.63) is 72.6 Å². The smallest absolute Gasteiger partial charge is 0.118 e. The quantitative estimate of drug-likeness (QED) is 0.505. The lowest BCUT2D eigenvalue weighted by atomic mass is 9.94. The van der Waals surface area contributed by atoms with E-state index in [0.29, 0.717) is 6.61 Å². The first-order valence-electron chi connectivity index (χ1n) is 6.98. The molecule has 0 atom stereocenters. The largest absolute Gasteiger partial charge is 0.494 e. The van der Waals surface area contributed by atoms with Crippen LogP contribution in [0.15, 0.2) is 72.6 Å². The van der Waals surface area contributed by atoms with Crippen molar-refractivity contribution in [2.24, 2.45) is 5.73 Å². The van der Waals surface area contributed by atoms with Gasteiger partial charge in [-0.05, 0) is 38.5 Å². The SMILES string of the molecule is C=C/C(=C/C=C/C=C(\C=C/C=C\CF)C(C)(C)N)OCC. The minimum atomic E-state index is -0.477. The van der Waals surface area contributed by atoms with Crippen LogP contribution in [0.5, 0.6) is 0 Å². The van der Waals surface area contributed by atoms with E-state index in [1.165, 1.54) is 6.08 Å². The molecule has 0 aromatic carbocycles. The first kappa shape index (κ1) is 19.1. The van der Waals surface area contributed by atoms with E-state index in [2.05, 4.69) is 6.58 Å². The third-order valence-electron chi connectivity index (χ3n) is 2.52. The van der Waals surface area contributed by atoms with Gasteiger partial charge in [0.15, 0.2) is 0 Å². The van der Waals surface area contributed by atoms with Crippen LogP contribution in [0.1, 0.15) is 20.8 Å². The Morgan fingerprint density at radius 2 is 1.86 bits per heavy atom. The highest BCUT2D eigenvalue weighted by atomic mass is 19.1. The van der Waals surface area contributed by atoms with E-state index in [1.807, 2.05) is 51.2 Å². The summed E-state index contributed by atoms with van der Waals surface area (Å²) in [7, 11) is 0. The monoisotopic (exact) mass is 291 g/mol. The van der Waals surface area contributed by atoms with Crippen LogP contribution in [-0.4, -0.2) is 18.8 Å². The number of allylic oxidation sites excluding steroid dienone is 8. The zero-order valence-electron chi connectivity index (χ0n) is 13.2. The molecular weight excluding hydrogens is 265 g/mol. The summed E-state index contributed by atoms with van der Waals surface area (Å²) < 4.78 is 17.3. The summed E-state index contributed by atoms with van der Waals surface area (Å²) in [6, 6.07) is 0. The zero-order valence-corrected chi connectivity index (χ0v) is 13.2. The molecule has 2 nitrogen and oxygen atoms in total. The number of halogens is 1. The molecule has 0 aliphatic rings. The van der Waals surface area contributed by atoms with Gasteiger partial charge in [-0.15, -0.1) is 0 Å². The fourth-order valence-electron chi connectivity index (χ4n) is 1.43. The van der Waals surface area contributed by atoms with Gasteiger partial charge in [0, 0.05) is 5.54 Å². The second kappa shape index (κ2) is 10.9. The van der Waals surface area contributed by atoms with E-state index < -0.39 is 12.2 Å². The fraction of sp³-hybridized carbons (Fsp3) is 0.333. The van der Waals surface area contributed by atoms with Gasteiger partial charge in [0.05, 0.1) is 6.61 Å². The van der Waals surface area contributed by atoms with E-state index in [-0.39, 0.29) is 0 Å². The first-order valence-corrected chi connectivity index (χ1v) is 6.98. The Labute approximate surface area is 127 Å². The third-order valence-corrected chi connectivity index (χ3v) is 2.52. The van der Waals surface area contributed by atoms with Gasteiger partial charge in [-0.2, -0.15) is 0 Å². The molecule has 0 rings (SSSR count). The predicted molar refractivity (Wildman–Crippen MR) is 89.7 cm³/mol. The molecule has 0 aromatic heterocycles. The van der Waals surface area contributed by atoms with Crippen LogP contribution in [0, 0.1) is 0 Å². The maximum Gasteiger partial charge on any atom is 0.118 e. The molecule has 3 heteroatoms. The molecule has 0 amide bonds. The van der Waals surface area contributed by atoms with E-state index in [4.69, 9.17) is 10.5 Å². The third kappa shape index (κ3) is 9.63. The number of ether oxygens (including phenoxy) is 1. The van der Waals surface area contributed by atoms with Crippen LogP contribution in [0.3, 0.4) is 0 Å². The predicted octanol–water partition coefficient (Wildman–Crippen LogP) is 4.39. The Hall–Kier alpha value is -1.87. The lowest BCUT2D eigenvalue weighted by molar-refractivity contribution is 0.243. The van der Waals surface area contributed by atoms with Gasteiger partial charge in [-0.25, -0.2) is 4.39 Å². The molecule has 0 heterocycles. The Kier molecular flexibility index (Phi) is 9.90. The van der Waals surface area contributed by atoms with Crippen molar-refractivity contribution < 1.29 is 9.13 Å². The molecule has 0 aromatic rings. The van der Waals surface area contributed by atoms with Crippen molar-refractivity contribution in [2.75, 3.05) is 13.3 Å². The maximum atomic E-state index is 12.0. The van der Waals surface area contributed by atoms with Gasteiger partial charge in [0.1, 0.15) is 12.4 Å². The summed E-state index contributed by atoms with van der Waals surface area (Å²) in [5.41, 5.74) is 6.56. The number of rotatable bonds is 9. The highest BCUT2D eigenvalue weighted by Crippen LogP contribution is 2.14. The van der Waals surface area contributed by atoms with Crippen LogP contribution < -0.4 is 5.73 Å². The molecule has 0 bridgehead atoms. The zero-order chi connectivity index (χ0) is 16.1. The lowest BCUT2D eigenvalue weighted by Gasteiger charge is -2.19. The molecule has 0 unspecified atom stereocenters. The number of hydrogen-bond donors (Lipinski definition) is 1. The van der Waals surface area contributed by atoms with Crippen molar-refractivity contribution in [2.45, 2.75) is 26.3 Å². The molecule has 0 radical (unpaired) electrons. The molecule has 0 aliphatic carbocycles. The minimum absolute atomic E-state index is 0.470. The van der Waals surface area contributed by atoms with Gasteiger partial charge in [0.2, 0.25) is 0 Å². The summed E-state index contributed by atoms with van der Waals surface area (Å²) in [5.74, 6) is 0.720. The lowest BCUT2D eigenvalue weighted by Crippen LogP contribution is -2.33.